The highest BCUT2D eigenvalue weighted by atomic mass is 32.1. The minimum absolute atomic E-state index is 0.160. The lowest BCUT2D eigenvalue weighted by atomic mass is 9.93. The van der Waals surface area contributed by atoms with E-state index in [2.05, 4.69) is 64.1 Å². The van der Waals surface area contributed by atoms with Crippen LogP contribution in [0.2, 0.25) is 0 Å². The summed E-state index contributed by atoms with van der Waals surface area (Å²) in [5.41, 5.74) is 3.45. The molecular formula is C24H32N6OS. The average Bonchev–Trinajstić information content (AvgIpc) is 3.17. The van der Waals surface area contributed by atoms with Gasteiger partial charge in [-0.25, -0.2) is 4.98 Å². The van der Waals surface area contributed by atoms with Gasteiger partial charge in [0.05, 0.1) is 11.5 Å². The number of nitrogens with one attached hydrogen (secondary N) is 2. The van der Waals surface area contributed by atoms with Crippen molar-refractivity contribution in [3.63, 3.8) is 0 Å². The van der Waals surface area contributed by atoms with Crippen molar-refractivity contribution in [1.29, 1.82) is 0 Å². The van der Waals surface area contributed by atoms with Crippen LogP contribution in [-0.2, 0) is 0 Å². The number of anilines is 4. The van der Waals surface area contributed by atoms with Gasteiger partial charge in [-0.1, -0.05) is 0 Å². The molecule has 5 rings (SSSR count). The molecule has 2 fully saturated rings. The van der Waals surface area contributed by atoms with Crippen molar-refractivity contribution in [2.75, 3.05) is 48.8 Å². The van der Waals surface area contributed by atoms with E-state index in [-0.39, 0.29) is 6.10 Å². The van der Waals surface area contributed by atoms with Crippen LogP contribution >= 0.6 is 11.3 Å². The summed E-state index contributed by atoms with van der Waals surface area (Å²) < 4.78 is 0. The molecule has 32 heavy (non-hydrogen) atoms. The van der Waals surface area contributed by atoms with Crippen LogP contribution in [0.15, 0.2) is 29.6 Å². The molecule has 1 aliphatic carbocycles. The summed E-state index contributed by atoms with van der Waals surface area (Å²) in [7, 11) is 2.18. The maximum absolute atomic E-state index is 9.83. The summed E-state index contributed by atoms with van der Waals surface area (Å²) in [6, 6.07) is 8.90. The van der Waals surface area contributed by atoms with E-state index in [0.29, 0.717) is 12.0 Å². The Labute approximate surface area is 193 Å². The Balaban J connectivity index is 1.34. The topological polar surface area (TPSA) is 76.6 Å². The van der Waals surface area contributed by atoms with E-state index in [1.165, 1.54) is 11.3 Å². The molecule has 0 atom stereocenters. The molecule has 0 unspecified atom stereocenters. The number of thiophene rings is 1. The molecule has 0 amide bonds. The number of fused-ring (bicyclic) bond motifs is 1. The number of aromatic nitrogens is 2. The Kier molecular flexibility index (Phi) is 6.17. The molecule has 8 heteroatoms. The first-order chi connectivity index (χ1) is 15.5. The van der Waals surface area contributed by atoms with E-state index in [0.717, 1.165) is 73.6 Å². The van der Waals surface area contributed by atoms with Gasteiger partial charge in [-0.05, 0) is 74.9 Å². The number of likely N-dealkylation sites (N-methyl/N-ethyl adjacent to an activating group) is 1. The monoisotopic (exact) mass is 452 g/mol. The normalized spacial score (nSPS) is 22.3. The molecule has 1 saturated carbocycles. The zero-order valence-electron chi connectivity index (χ0n) is 18.8. The van der Waals surface area contributed by atoms with Crippen molar-refractivity contribution in [1.82, 2.24) is 14.9 Å². The smallest absolute Gasteiger partial charge is 0.230 e. The van der Waals surface area contributed by atoms with Crippen LogP contribution in [0.25, 0.3) is 10.2 Å². The second-order valence-corrected chi connectivity index (χ2v) is 9.96. The van der Waals surface area contributed by atoms with Crippen LogP contribution in [0.1, 0.15) is 31.2 Å². The highest BCUT2D eigenvalue weighted by Gasteiger charge is 2.22. The van der Waals surface area contributed by atoms with Gasteiger partial charge in [-0.15, -0.1) is 11.3 Å². The highest BCUT2D eigenvalue weighted by Crippen LogP contribution is 2.33. The number of hydrogen-bond acceptors (Lipinski definition) is 8. The Morgan fingerprint density at radius 3 is 2.44 bits per heavy atom. The van der Waals surface area contributed by atoms with Gasteiger partial charge in [0.25, 0.3) is 0 Å². The molecule has 7 nitrogen and oxygen atoms in total. The minimum atomic E-state index is -0.160. The third-order valence-electron chi connectivity index (χ3n) is 6.65. The van der Waals surface area contributed by atoms with Crippen molar-refractivity contribution in [2.24, 2.45) is 0 Å². The lowest BCUT2D eigenvalue weighted by Crippen LogP contribution is -2.44. The number of rotatable bonds is 5. The maximum atomic E-state index is 9.83. The molecule has 1 aromatic carbocycles. The van der Waals surface area contributed by atoms with Gasteiger partial charge in [0.1, 0.15) is 10.6 Å². The highest BCUT2D eigenvalue weighted by molar-refractivity contribution is 7.17. The fraction of sp³-hybridized carbons (Fsp3) is 0.500. The van der Waals surface area contributed by atoms with Gasteiger partial charge >= 0.3 is 0 Å². The second kappa shape index (κ2) is 9.21. The number of piperazine rings is 1. The average molecular weight is 453 g/mol. The first kappa shape index (κ1) is 21.4. The van der Waals surface area contributed by atoms with Gasteiger partial charge in [0.2, 0.25) is 5.95 Å². The number of nitrogens with zero attached hydrogens (tertiary/aromatic N) is 4. The standard InChI is InChI=1S/C24H32N6OS/c1-16-15-32-23-21(16)22(25-17-5-9-20(31)10-6-17)27-24(28-23)26-18-3-7-19(8-4-18)30-13-11-29(2)12-14-30/h3-4,7-8,15,17,20,31H,5-6,9-14H2,1-2H3,(H2,25,26,27,28). The third kappa shape index (κ3) is 4.67. The van der Waals surface area contributed by atoms with Crippen LogP contribution in [0.4, 0.5) is 23.1 Å². The first-order valence-electron chi connectivity index (χ1n) is 11.6. The molecule has 0 radical (unpaired) electrons. The molecular weight excluding hydrogens is 420 g/mol. The summed E-state index contributed by atoms with van der Waals surface area (Å²) in [4.78, 5) is 15.4. The summed E-state index contributed by atoms with van der Waals surface area (Å²) in [5.74, 6) is 1.51. The molecule has 2 aromatic heterocycles. The summed E-state index contributed by atoms with van der Waals surface area (Å²) in [6.07, 6.45) is 3.46. The largest absolute Gasteiger partial charge is 0.393 e. The van der Waals surface area contributed by atoms with E-state index in [1.54, 1.807) is 11.3 Å². The number of aliphatic hydroxyl groups is 1. The fourth-order valence-corrected chi connectivity index (χ4v) is 5.53. The van der Waals surface area contributed by atoms with Gasteiger partial charge in [-0.2, -0.15) is 4.98 Å². The van der Waals surface area contributed by atoms with Gasteiger partial charge < -0.3 is 25.5 Å². The van der Waals surface area contributed by atoms with E-state index in [4.69, 9.17) is 9.97 Å². The molecule has 170 valence electrons. The van der Waals surface area contributed by atoms with Crippen LogP contribution in [-0.4, -0.2) is 65.3 Å². The van der Waals surface area contributed by atoms with E-state index in [9.17, 15) is 5.11 Å². The Morgan fingerprint density at radius 1 is 1.00 bits per heavy atom. The number of aliphatic hydroxyl groups excluding tert-OH is 1. The molecule has 2 aliphatic rings. The lowest BCUT2D eigenvalue weighted by Gasteiger charge is -2.34. The quantitative estimate of drug-likeness (QED) is 0.535. The lowest BCUT2D eigenvalue weighted by molar-refractivity contribution is 0.126. The van der Waals surface area contributed by atoms with Crippen LogP contribution in [0.3, 0.4) is 0 Å². The predicted octanol–water partition coefficient (Wildman–Crippen LogP) is 4.21. The van der Waals surface area contributed by atoms with Crippen molar-refractivity contribution in [2.45, 2.75) is 44.8 Å². The van der Waals surface area contributed by atoms with Crippen molar-refractivity contribution in [3.05, 3.63) is 35.2 Å². The zero-order chi connectivity index (χ0) is 22.1. The SMILES string of the molecule is Cc1csc2nc(Nc3ccc(N4CCN(C)CC4)cc3)nc(NC3CCC(O)CC3)c12. The number of benzene rings is 1. The van der Waals surface area contributed by atoms with Crippen molar-refractivity contribution >= 4 is 44.7 Å². The first-order valence-corrected chi connectivity index (χ1v) is 12.4. The molecule has 3 N–H and O–H groups in total. The van der Waals surface area contributed by atoms with Crippen LogP contribution in [0, 0.1) is 6.92 Å². The molecule has 0 bridgehead atoms. The Morgan fingerprint density at radius 2 is 1.72 bits per heavy atom. The Bertz CT molecular complexity index is 1050. The van der Waals surface area contributed by atoms with E-state index in [1.807, 2.05) is 0 Å². The molecule has 1 saturated heterocycles. The minimum Gasteiger partial charge on any atom is -0.393 e. The van der Waals surface area contributed by atoms with Crippen molar-refractivity contribution in [3.8, 4) is 0 Å². The van der Waals surface area contributed by atoms with Crippen molar-refractivity contribution < 1.29 is 5.11 Å². The van der Waals surface area contributed by atoms with E-state index >= 15 is 0 Å². The zero-order valence-corrected chi connectivity index (χ0v) is 19.7. The molecule has 3 aromatic rings. The third-order valence-corrected chi connectivity index (χ3v) is 7.64. The van der Waals surface area contributed by atoms with E-state index < -0.39 is 0 Å². The summed E-state index contributed by atoms with van der Waals surface area (Å²) in [6.45, 7) is 6.44. The molecule has 1 aliphatic heterocycles. The molecule has 3 heterocycles. The maximum Gasteiger partial charge on any atom is 0.230 e. The van der Waals surface area contributed by atoms with Gasteiger partial charge in [-0.3, -0.25) is 0 Å². The van der Waals surface area contributed by atoms with Crippen LogP contribution < -0.4 is 15.5 Å². The number of aryl methyl sites for hydroxylation is 1. The predicted molar refractivity (Wildman–Crippen MR) is 133 cm³/mol. The Hall–Kier alpha value is -2.42. The van der Waals surface area contributed by atoms with Gasteiger partial charge in [0, 0.05) is 43.6 Å². The summed E-state index contributed by atoms with van der Waals surface area (Å²) in [5, 5.41) is 20.1. The van der Waals surface area contributed by atoms with Gasteiger partial charge in [0.15, 0.2) is 0 Å². The van der Waals surface area contributed by atoms with Crippen LogP contribution in [0.5, 0.6) is 0 Å². The second-order valence-electron chi connectivity index (χ2n) is 9.11. The molecule has 0 spiro atoms. The number of hydrogen-bond donors (Lipinski definition) is 3. The summed E-state index contributed by atoms with van der Waals surface area (Å²) >= 11 is 1.65. The fourth-order valence-electron chi connectivity index (χ4n) is 4.61.